The minimum absolute atomic E-state index is 0.0176. The molecule has 1 amide bonds. The third-order valence-corrected chi connectivity index (χ3v) is 3.81. The van der Waals surface area contributed by atoms with Crippen molar-refractivity contribution in [3.05, 3.63) is 24.3 Å². The molecule has 1 heterocycles. The van der Waals surface area contributed by atoms with E-state index >= 15 is 0 Å². The fraction of sp³-hybridized carbons (Fsp3) is 0.562. The van der Waals surface area contributed by atoms with Gasteiger partial charge in [0.25, 0.3) is 5.91 Å². The molecule has 5 heteroatoms. The van der Waals surface area contributed by atoms with Gasteiger partial charge in [0.2, 0.25) is 0 Å². The third kappa shape index (κ3) is 4.36. The summed E-state index contributed by atoms with van der Waals surface area (Å²) in [6.07, 6.45) is 3.74. The summed E-state index contributed by atoms with van der Waals surface area (Å²) in [5.74, 6) is 1.31. The number of carbonyl (C=O) groups is 1. The van der Waals surface area contributed by atoms with E-state index in [-0.39, 0.29) is 25.2 Å². The van der Waals surface area contributed by atoms with Crippen molar-refractivity contribution in [3.8, 4) is 11.5 Å². The summed E-state index contributed by atoms with van der Waals surface area (Å²) in [4.78, 5) is 14.1. The summed E-state index contributed by atoms with van der Waals surface area (Å²) in [7, 11) is 1.59. The Kier molecular flexibility index (Phi) is 5.87. The van der Waals surface area contributed by atoms with Crippen molar-refractivity contribution in [1.29, 1.82) is 0 Å². The molecule has 0 aromatic heterocycles. The van der Waals surface area contributed by atoms with Crippen molar-refractivity contribution in [2.75, 3.05) is 26.9 Å². The first-order chi connectivity index (χ1) is 10.2. The summed E-state index contributed by atoms with van der Waals surface area (Å²) < 4.78 is 10.7. The highest BCUT2D eigenvalue weighted by atomic mass is 16.5. The largest absolute Gasteiger partial charge is 0.497 e. The van der Waals surface area contributed by atoms with E-state index in [4.69, 9.17) is 14.6 Å². The minimum atomic E-state index is -0.0176. The average Bonchev–Trinajstić information content (AvgIpc) is 2.53. The van der Waals surface area contributed by atoms with Gasteiger partial charge in [-0.15, -0.1) is 0 Å². The number of likely N-dealkylation sites (tertiary alicyclic amines) is 1. The SMILES string of the molecule is COc1cccc(OCC(=O)N2CCCCC2CCO)c1. The van der Waals surface area contributed by atoms with E-state index in [1.165, 1.54) is 0 Å². The number of hydrogen-bond acceptors (Lipinski definition) is 4. The lowest BCUT2D eigenvalue weighted by Gasteiger charge is -2.35. The number of benzene rings is 1. The van der Waals surface area contributed by atoms with Gasteiger partial charge in [0.15, 0.2) is 6.61 Å². The predicted octanol–water partition coefficient (Wildman–Crippen LogP) is 1.84. The molecule has 1 aliphatic rings. The summed E-state index contributed by atoms with van der Waals surface area (Å²) in [6.45, 7) is 0.894. The van der Waals surface area contributed by atoms with E-state index in [9.17, 15) is 4.79 Å². The van der Waals surface area contributed by atoms with Crippen molar-refractivity contribution >= 4 is 5.91 Å². The van der Waals surface area contributed by atoms with Crippen molar-refractivity contribution in [3.63, 3.8) is 0 Å². The number of rotatable bonds is 6. The molecule has 2 rings (SSSR count). The number of methoxy groups -OCH3 is 1. The van der Waals surface area contributed by atoms with Gasteiger partial charge >= 0.3 is 0 Å². The maximum Gasteiger partial charge on any atom is 0.260 e. The van der Waals surface area contributed by atoms with Crippen LogP contribution < -0.4 is 9.47 Å². The lowest BCUT2D eigenvalue weighted by Crippen LogP contribution is -2.46. The Balaban J connectivity index is 1.90. The van der Waals surface area contributed by atoms with Gasteiger partial charge in [0.1, 0.15) is 11.5 Å². The van der Waals surface area contributed by atoms with Crippen LogP contribution in [0.15, 0.2) is 24.3 Å². The van der Waals surface area contributed by atoms with Crippen LogP contribution in [0.2, 0.25) is 0 Å². The summed E-state index contributed by atoms with van der Waals surface area (Å²) in [6, 6.07) is 7.36. The molecule has 0 spiro atoms. The summed E-state index contributed by atoms with van der Waals surface area (Å²) in [5.41, 5.74) is 0. The molecular weight excluding hydrogens is 270 g/mol. The van der Waals surface area contributed by atoms with Gasteiger partial charge in [-0.2, -0.15) is 0 Å². The Bertz CT molecular complexity index is 461. The molecule has 21 heavy (non-hydrogen) atoms. The second-order valence-corrected chi connectivity index (χ2v) is 5.22. The topological polar surface area (TPSA) is 59.0 Å². The summed E-state index contributed by atoms with van der Waals surface area (Å²) in [5, 5.41) is 9.10. The van der Waals surface area contributed by atoms with Crippen LogP contribution in [-0.4, -0.2) is 48.8 Å². The van der Waals surface area contributed by atoms with Crippen LogP contribution in [0.4, 0.5) is 0 Å². The van der Waals surface area contributed by atoms with Gasteiger partial charge in [0.05, 0.1) is 7.11 Å². The Hall–Kier alpha value is -1.75. The Morgan fingerprint density at radius 1 is 1.38 bits per heavy atom. The molecule has 116 valence electrons. The molecule has 0 saturated carbocycles. The zero-order valence-electron chi connectivity index (χ0n) is 12.5. The Labute approximate surface area is 125 Å². The normalized spacial score (nSPS) is 18.4. The van der Waals surface area contributed by atoms with Gasteiger partial charge in [-0.05, 0) is 37.8 Å². The molecule has 1 fully saturated rings. The van der Waals surface area contributed by atoms with Gasteiger partial charge in [-0.25, -0.2) is 0 Å². The number of ether oxygens (including phenoxy) is 2. The van der Waals surface area contributed by atoms with E-state index in [2.05, 4.69) is 0 Å². The van der Waals surface area contributed by atoms with Gasteiger partial charge in [0, 0.05) is 25.3 Å². The molecule has 1 atom stereocenters. The molecule has 1 aromatic rings. The van der Waals surface area contributed by atoms with Gasteiger partial charge in [-0.1, -0.05) is 6.07 Å². The van der Waals surface area contributed by atoms with Crippen LogP contribution >= 0.6 is 0 Å². The Morgan fingerprint density at radius 2 is 2.19 bits per heavy atom. The quantitative estimate of drug-likeness (QED) is 0.869. The molecule has 1 aliphatic heterocycles. The highest BCUT2D eigenvalue weighted by molar-refractivity contribution is 5.78. The van der Waals surface area contributed by atoms with Crippen LogP contribution in [0.25, 0.3) is 0 Å². The number of piperidine rings is 1. The number of carbonyl (C=O) groups excluding carboxylic acids is 1. The van der Waals surface area contributed by atoms with Crippen molar-refractivity contribution in [2.45, 2.75) is 31.7 Å². The van der Waals surface area contributed by atoms with Crippen LogP contribution in [-0.2, 0) is 4.79 Å². The predicted molar refractivity (Wildman–Crippen MR) is 79.5 cm³/mol. The van der Waals surface area contributed by atoms with E-state index < -0.39 is 0 Å². The summed E-state index contributed by atoms with van der Waals surface area (Å²) >= 11 is 0. The fourth-order valence-electron chi connectivity index (χ4n) is 2.70. The van der Waals surface area contributed by atoms with Gasteiger partial charge < -0.3 is 19.5 Å². The van der Waals surface area contributed by atoms with Crippen LogP contribution in [0, 0.1) is 0 Å². The maximum absolute atomic E-state index is 12.3. The molecule has 1 N–H and O–H groups in total. The van der Waals surface area contributed by atoms with E-state index in [0.717, 1.165) is 25.8 Å². The molecule has 0 aliphatic carbocycles. The van der Waals surface area contributed by atoms with E-state index in [1.807, 2.05) is 17.0 Å². The molecule has 1 aromatic carbocycles. The monoisotopic (exact) mass is 293 g/mol. The van der Waals surface area contributed by atoms with E-state index in [1.54, 1.807) is 19.2 Å². The fourth-order valence-corrected chi connectivity index (χ4v) is 2.70. The van der Waals surface area contributed by atoms with Crippen LogP contribution in [0.1, 0.15) is 25.7 Å². The van der Waals surface area contributed by atoms with Crippen LogP contribution in [0.5, 0.6) is 11.5 Å². The Morgan fingerprint density at radius 3 is 2.95 bits per heavy atom. The molecule has 5 nitrogen and oxygen atoms in total. The number of amides is 1. The highest BCUT2D eigenvalue weighted by Gasteiger charge is 2.26. The number of nitrogens with zero attached hydrogens (tertiary/aromatic N) is 1. The van der Waals surface area contributed by atoms with Crippen molar-refractivity contribution in [2.24, 2.45) is 0 Å². The lowest BCUT2D eigenvalue weighted by atomic mass is 9.99. The lowest BCUT2D eigenvalue weighted by molar-refractivity contribution is -0.137. The standard InChI is InChI=1S/C16H23NO4/c1-20-14-6-4-7-15(11-14)21-12-16(19)17-9-3-2-5-13(17)8-10-18/h4,6-7,11,13,18H,2-3,5,8-10,12H2,1H3. The van der Waals surface area contributed by atoms with Gasteiger partial charge in [-0.3, -0.25) is 4.79 Å². The molecule has 1 unspecified atom stereocenters. The third-order valence-electron chi connectivity index (χ3n) is 3.81. The first-order valence-electron chi connectivity index (χ1n) is 7.41. The maximum atomic E-state index is 12.3. The molecule has 1 saturated heterocycles. The zero-order chi connectivity index (χ0) is 15.1. The van der Waals surface area contributed by atoms with Crippen molar-refractivity contribution in [1.82, 2.24) is 4.90 Å². The average molecular weight is 293 g/mol. The van der Waals surface area contributed by atoms with Crippen LogP contribution in [0.3, 0.4) is 0 Å². The first-order valence-corrected chi connectivity index (χ1v) is 7.41. The van der Waals surface area contributed by atoms with E-state index in [0.29, 0.717) is 17.9 Å². The number of aliphatic hydroxyl groups is 1. The molecule has 0 radical (unpaired) electrons. The van der Waals surface area contributed by atoms with Crippen molar-refractivity contribution < 1.29 is 19.4 Å². The highest BCUT2D eigenvalue weighted by Crippen LogP contribution is 2.21. The zero-order valence-corrected chi connectivity index (χ0v) is 12.5. The number of hydrogen-bond donors (Lipinski definition) is 1. The number of aliphatic hydroxyl groups excluding tert-OH is 1. The smallest absolute Gasteiger partial charge is 0.260 e. The molecular formula is C16H23NO4. The second kappa shape index (κ2) is 7.88. The second-order valence-electron chi connectivity index (χ2n) is 5.22. The molecule has 0 bridgehead atoms. The first kappa shape index (κ1) is 15.6. The minimum Gasteiger partial charge on any atom is -0.497 e.